The molecule has 1 aliphatic rings. The van der Waals surface area contributed by atoms with Gasteiger partial charge in [-0.15, -0.1) is 0 Å². The molecule has 122 valence electrons. The lowest BCUT2D eigenvalue weighted by molar-refractivity contribution is -0.128. The molecule has 2 aromatic carbocycles. The zero-order valence-corrected chi connectivity index (χ0v) is 13.7. The van der Waals surface area contributed by atoms with Gasteiger partial charge in [0.1, 0.15) is 11.8 Å². The number of fused-ring (bicyclic) bond motifs is 1. The van der Waals surface area contributed by atoms with E-state index in [1.807, 2.05) is 12.1 Å². The van der Waals surface area contributed by atoms with E-state index in [-0.39, 0.29) is 11.9 Å². The smallest absolute Gasteiger partial charge is 0.261 e. The molecule has 0 saturated carbocycles. The summed E-state index contributed by atoms with van der Waals surface area (Å²) in [7, 11) is 0. The van der Waals surface area contributed by atoms with Gasteiger partial charge in [0.15, 0.2) is 6.10 Å². The molecule has 0 radical (unpaired) electrons. The van der Waals surface area contributed by atoms with Gasteiger partial charge in [0, 0.05) is 0 Å². The Morgan fingerprint density at radius 1 is 1.25 bits per heavy atom. The number of benzene rings is 2. The molecule has 0 heterocycles. The lowest BCUT2D eigenvalue weighted by atomic mass is 9.87. The summed E-state index contributed by atoms with van der Waals surface area (Å²) in [6.07, 6.45) is 2.40. The largest absolute Gasteiger partial charge is 0.480 e. The summed E-state index contributed by atoms with van der Waals surface area (Å²) in [4.78, 5) is 12.5. The van der Waals surface area contributed by atoms with Crippen LogP contribution in [0.15, 0.2) is 48.5 Å². The summed E-state index contributed by atoms with van der Waals surface area (Å²) in [5.74, 6) is 0.274. The zero-order chi connectivity index (χ0) is 16.9. The maximum absolute atomic E-state index is 12.5. The Bertz CT molecular complexity index is 779. The average Bonchev–Trinajstić information content (AvgIpc) is 2.62. The summed E-state index contributed by atoms with van der Waals surface area (Å²) >= 11 is 0. The molecule has 2 atom stereocenters. The first kappa shape index (κ1) is 16.1. The van der Waals surface area contributed by atoms with Crippen molar-refractivity contribution in [3.63, 3.8) is 0 Å². The number of nitrogens with zero attached hydrogens (tertiary/aromatic N) is 1. The Hall–Kier alpha value is -2.80. The number of carbonyl (C=O) groups is 1. The lowest BCUT2D eigenvalue weighted by Gasteiger charge is -2.27. The van der Waals surface area contributed by atoms with E-state index in [9.17, 15) is 4.79 Å². The number of nitriles is 1. The van der Waals surface area contributed by atoms with Crippen molar-refractivity contribution < 1.29 is 9.53 Å². The van der Waals surface area contributed by atoms with Crippen LogP contribution < -0.4 is 10.1 Å². The summed E-state index contributed by atoms with van der Waals surface area (Å²) in [6.45, 7) is 1.71. The van der Waals surface area contributed by atoms with Gasteiger partial charge >= 0.3 is 0 Å². The normalized spacial score (nSPS) is 17.2. The highest BCUT2D eigenvalue weighted by Crippen LogP contribution is 2.29. The van der Waals surface area contributed by atoms with Gasteiger partial charge in [-0.05, 0) is 49.4 Å². The van der Waals surface area contributed by atoms with Crippen LogP contribution in [0.1, 0.15) is 42.5 Å². The summed E-state index contributed by atoms with van der Waals surface area (Å²) in [5, 5.41) is 12.2. The van der Waals surface area contributed by atoms with Crippen LogP contribution in [0.2, 0.25) is 0 Å². The van der Waals surface area contributed by atoms with Gasteiger partial charge in [-0.2, -0.15) is 5.26 Å². The number of hydrogen-bond donors (Lipinski definition) is 1. The van der Waals surface area contributed by atoms with Gasteiger partial charge in [0.05, 0.1) is 11.6 Å². The number of nitrogens with one attached hydrogen (secondary N) is 1. The first-order valence-corrected chi connectivity index (χ1v) is 8.23. The van der Waals surface area contributed by atoms with Crippen molar-refractivity contribution in [2.24, 2.45) is 0 Å². The van der Waals surface area contributed by atoms with E-state index < -0.39 is 6.10 Å². The van der Waals surface area contributed by atoms with Crippen LogP contribution in [0.3, 0.4) is 0 Å². The highest BCUT2D eigenvalue weighted by Gasteiger charge is 2.24. The molecular formula is C20H20N2O2. The van der Waals surface area contributed by atoms with Crippen LogP contribution in [0, 0.1) is 11.3 Å². The molecule has 4 heteroatoms. The van der Waals surface area contributed by atoms with Crippen LogP contribution in [-0.2, 0) is 11.2 Å². The lowest BCUT2D eigenvalue weighted by Crippen LogP contribution is -2.39. The third kappa shape index (κ3) is 3.41. The summed E-state index contributed by atoms with van der Waals surface area (Å²) in [5.41, 5.74) is 2.93. The Balaban J connectivity index is 1.68. The van der Waals surface area contributed by atoms with Crippen LogP contribution in [0.5, 0.6) is 5.75 Å². The van der Waals surface area contributed by atoms with E-state index in [0.717, 1.165) is 19.3 Å². The Kier molecular flexibility index (Phi) is 4.81. The van der Waals surface area contributed by atoms with Gasteiger partial charge in [0.2, 0.25) is 0 Å². The fourth-order valence-corrected chi connectivity index (χ4v) is 3.10. The van der Waals surface area contributed by atoms with Gasteiger partial charge in [-0.25, -0.2) is 0 Å². The highest BCUT2D eigenvalue weighted by atomic mass is 16.5. The molecule has 3 rings (SSSR count). The van der Waals surface area contributed by atoms with Gasteiger partial charge in [-0.3, -0.25) is 4.79 Å². The van der Waals surface area contributed by atoms with Crippen molar-refractivity contribution in [2.45, 2.75) is 38.3 Å². The quantitative estimate of drug-likeness (QED) is 0.937. The molecule has 0 aromatic heterocycles. The molecule has 1 aliphatic carbocycles. The van der Waals surface area contributed by atoms with Crippen molar-refractivity contribution in [1.29, 1.82) is 5.26 Å². The molecule has 24 heavy (non-hydrogen) atoms. The number of carbonyl (C=O) groups excluding carboxylic acids is 1. The van der Waals surface area contributed by atoms with E-state index >= 15 is 0 Å². The number of aryl methyl sites for hydroxylation is 1. The number of rotatable bonds is 4. The molecule has 0 unspecified atom stereocenters. The predicted octanol–water partition coefficient (Wildman–Crippen LogP) is 3.52. The third-order valence-electron chi connectivity index (χ3n) is 4.37. The fraction of sp³-hybridized carbons (Fsp3) is 0.300. The second-order valence-electron chi connectivity index (χ2n) is 6.02. The first-order chi connectivity index (χ1) is 11.7. The average molecular weight is 320 g/mol. The standard InChI is InChI=1S/C20H20N2O2/c1-14(24-19-12-5-3-8-16(19)13-21)20(23)22-18-11-6-9-15-7-2-4-10-17(15)18/h2-5,7-8,10,12,14,18H,6,9,11H2,1H3,(H,22,23)/t14-,18-/m0/s1. The Morgan fingerprint density at radius 3 is 2.83 bits per heavy atom. The monoisotopic (exact) mass is 320 g/mol. The van der Waals surface area contributed by atoms with Gasteiger partial charge in [-0.1, -0.05) is 36.4 Å². The van der Waals surface area contributed by atoms with Crippen LogP contribution in [0.25, 0.3) is 0 Å². The topological polar surface area (TPSA) is 62.1 Å². The minimum Gasteiger partial charge on any atom is -0.480 e. The minimum atomic E-state index is -0.659. The van der Waals surface area contributed by atoms with Crippen molar-refractivity contribution in [3.05, 3.63) is 65.2 Å². The molecule has 0 aliphatic heterocycles. The molecule has 4 nitrogen and oxygen atoms in total. The number of para-hydroxylation sites is 1. The molecule has 0 saturated heterocycles. The first-order valence-electron chi connectivity index (χ1n) is 8.23. The second-order valence-corrected chi connectivity index (χ2v) is 6.02. The molecule has 1 amide bonds. The summed E-state index contributed by atoms with van der Waals surface area (Å²) in [6, 6.07) is 17.3. The zero-order valence-electron chi connectivity index (χ0n) is 13.7. The maximum atomic E-state index is 12.5. The molecule has 0 bridgehead atoms. The van der Waals surface area contributed by atoms with E-state index in [2.05, 4.69) is 23.5 Å². The molecular weight excluding hydrogens is 300 g/mol. The SMILES string of the molecule is C[C@H](Oc1ccccc1C#N)C(=O)N[C@H]1CCCc2ccccc21. The number of ether oxygens (including phenoxy) is 1. The Labute approximate surface area is 142 Å². The van der Waals surface area contributed by atoms with Crippen molar-refractivity contribution >= 4 is 5.91 Å². The minimum absolute atomic E-state index is 0.0275. The van der Waals surface area contributed by atoms with E-state index in [1.165, 1.54) is 11.1 Å². The molecule has 2 aromatic rings. The predicted molar refractivity (Wildman–Crippen MR) is 91.5 cm³/mol. The van der Waals surface area contributed by atoms with Gasteiger partial charge in [0.25, 0.3) is 5.91 Å². The van der Waals surface area contributed by atoms with Crippen molar-refractivity contribution in [1.82, 2.24) is 5.32 Å². The number of hydrogen-bond acceptors (Lipinski definition) is 3. The van der Waals surface area contributed by atoms with Gasteiger partial charge < -0.3 is 10.1 Å². The Morgan fingerprint density at radius 2 is 2.00 bits per heavy atom. The fourth-order valence-electron chi connectivity index (χ4n) is 3.10. The molecule has 1 N–H and O–H groups in total. The second kappa shape index (κ2) is 7.18. The number of amides is 1. The van der Waals surface area contributed by atoms with E-state index in [0.29, 0.717) is 11.3 Å². The summed E-state index contributed by atoms with van der Waals surface area (Å²) < 4.78 is 5.69. The maximum Gasteiger partial charge on any atom is 0.261 e. The van der Waals surface area contributed by atoms with Crippen molar-refractivity contribution in [2.75, 3.05) is 0 Å². The highest BCUT2D eigenvalue weighted by molar-refractivity contribution is 5.81. The third-order valence-corrected chi connectivity index (χ3v) is 4.37. The van der Waals surface area contributed by atoms with Crippen molar-refractivity contribution in [3.8, 4) is 11.8 Å². The van der Waals surface area contributed by atoms with Crippen LogP contribution in [-0.4, -0.2) is 12.0 Å². The van der Waals surface area contributed by atoms with E-state index in [1.54, 1.807) is 31.2 Å². The van der Waals surface area contributed by atoms with Crippen LogP contribution >= 0.6 is 0 Å². The molecule has 0 spiro atoms. The van der Waals surface area contributed by atoms with Crippen LogP contribution in [0.4, 0.5) is 0 Å². The molecule has 0 fully saturated rings. The van der Waals surface area contributed by atoms with E-state index in [4.69, 9.17) is 10.00 Å².